The van der Waals surface area contributed by atoms with Gasteiger partial charge in [0.1, 0.15) is 5.92 Å². The Hall–Kier alpha value is -1.63. The molecule has 0 aliphatic heterocycles. The molecule has 0 heterocycles. The summed E-state index contributed by atoms with van der Waals surface area (Å²) in [4.78, 5) is 12.4. The predicted octanol–water partition coefficient (Wildman–Crippen LogP) is 4.59. The number of carbonyl (C=O) groups excluding carboxylic acids is 1. The molecule has 0 bridgehead atoms. The summed E-state index contributed by atoms with van der Waals surface area (Å²) in [5, 5.41) is 9.65. The van der Waals surface area contributed by atoms with E-state index in [1.165, 1.54) is 0 Å². The van der Waals surface area contributed by atoms with E-state index < -0.39 is 5.92 Å². The predicted molar refractivity (Wildman–Crippen MR) is 78.3 cm³/mol. The summed E-state index contributed by atoms with van der Waals surface area (Å²) in [5.41, 5.74) is 1.02. The molecule has 0 spiro atoms. The fraction of sp³-hybridized carbons (Fsp3) is 0.0667. The number of hydrogen-bond donors (Lipinski definition) is 0. The number of benzene rings is 2. The van der Waals surface area contributed by atoms with E-state index in [0.29, 0.717) is 16.1 Å². The van der Waals surface area contributed by atoms with Gasteiger partial charge < -0.3 is 0 Å². The first-order chi connectivity index (χ1) is 9.15. The molecule has 2 aromatic rings. The van der Waals surface area contributed by atoms with Crippen molar-refractivity contribution in [3.8, 4) is 6.07 Å². The largest absolute Gasteiger partial charge is 0.292 e. The van der Waals surface area contributed by atoms with Crippen LogP contribution in [0.5, 0.6) is 0 Å². The van der Waals surface area contributed by atoms with Crippen LogP contribution >= 0.6 is 27.5 Å². The maximum Gasteiger partial charge on any atom is 0.185 e. The van der Waals surface area contributed by atoms with Gasteiger partial charge in [0.05, 0.1) is 11.1 Å². The Bertz CT molecular complexity index is 663. The average Bonchev–Trinajstić information content (AvgIpc) is 2.42. The SMILES string of the molecule is N#CC(C(=O)c1ccccc1Cl)c1ccccc1Br. The van der Waals surface area contributed by atoms with Gasteiger partial charge in [-0.2, -0.15) is 5.26 Å². The molecule has 0 N–H and O–H groups in total. The summed E-state index contributed by atoms with van der Waals surface area (Å²) in [6, 6.07) is 16.0. The molecule has 0 saturated carbocycles. The zero-order valence-corrected chi connectivity index (χ0v) is 12.1. The second-order valence-corrected chi connectivity index (χ2v) is 5.19. The first-order valence-corrected chi connectivity index (χ1v) is 6.75. The molecule has 1 atom stereocenters. The van der Waals surface area contributed by atoms with Crippen molar-refractivity contribution >= 4 is 33.3 Å². The zero-order valence-electron chi connectivity index (χ0n) is 9.81. The van der Waals surface area contributed by atoms with Gasteiger partial charge in [-0.05, 0) is 23.8 Å². The Morgan fingerprint density at radius 1 is 1.16 bits per heavy atom. The topological polar surface area (TPSA) is 40.9 Å². The molecular formula is C15H9BrClNO. The Kier molecular flexibility index (Phi) is 4.36. The highest BCUT2D eigenvalue weighted by atomic mass is 79.9. The number of hydrogen-bond acceptors (Lipinski definition) is 2. The van der Waals surface area contributed by atoms with E-state index in [1.54, 1.807) is 42.5 Å². The average molecular weight is 335 g/mol. The highest BCUT2D eigenvalue weighted by molar-refractivity contribution is 9.10. The number of carbonyl (C=O) groups is 1. The van der Waals surface area contributed by atoms with Crippen LogP contribution in [0.15, 0.2) is 53.0 Å². The van der Waals surface area contributed by atoms with E-state index in [-0.39, 0.29) is 5.78 Å². The minimum Gasteiger partial charge on any atom is -0.292 e. The second-order valence-electron chi connectivity index (χ2n) is 3.93. The third-order valence-electron chi connectivity index (χ3n) is 2.75. The van der Waals surface area contributed by atoms with Crippen LogP contribution in [-0.2, 0) is 0 Å². The number of ketones is 1. The zero-order chi connectivity index (χ0) is 13.8. The fourth-order valence-electron chi connectivity index (χ4n) is 1.80. The van der Waals surface area contributed by atoms with E-state index in [1.807, 2.05) is 12.1 Å². The van der Waals surface area contributed by atoms with Crippen molar-refractivity contribution in [1.82, 2.24) is 0 Å². The highest BCUT2D eigenvalue weighted by Crippen LogP contribution is 2.29. The quantitative estimate of drug-likeness (QED) is 0.770. The smallest absolute Gasteiger partial charge is 0.185 e. The second kappa shape index (κ2) is 6.01. The molecule has 94 valence electrons. The number of halogens is 2. The maximum atomic E-state index is 12.4. The Balaban J connectivity index is 2.45. The van der Waals surface area contributed by atoms with E-state index in [0.717, 1.165) is 4.47 Å². The number of nitrogens with zero attached hydrogens (tertiary/aromatic N) is 1. The Labute approximate surface area is 124 Å². The molecule has 0 aliphatic rings. The standard InChI is InChI=1S/C15H9BrClNO/c16-13-7-3-1-5-10(13)12(9-18)15(19)11-6-2-4-8-14(11)17/h1-8,12H. The number of Topliss-reactive ketones (excluding diaryl/α,β-unsaturated/α-hetero) is 1. The third-order valence-corrected chi connectivity index (χ3v) is 3.80. The monoisotopic (exact) mass is 333 g/mol. The Morgan fingerprint density at radius 2 is 1.79 bits per heavy atom. The van der Waals surface area contributed by atoms with Crippen molar-refractivity contribution in [3.63, 3.8) is 0 Å². The van der Waals surface area contributed by atoms with Crippen LogP contribution in [0.3, 0.4) is 0 Å². The van der Waals surface area contributed by atoms with Crippen LogP contribution in [0.25, 0.3) is 0 Å². The van der Waals surface area contributed by atoms with Gasteiger partial charge >= 0.3 is 0 Å². The summed E-state index contributed by atoms with van der Waals surface area (Å²) >= 11 is 9.37. The molecule has 2 aromatic carbocycles. The van der Waals surface area contributed by atoms with Crippen LogP contribution in [0.4, 0.5) is 0 Å². The first-order valence-electron chi connectivity index (χ1n) is 5.58. The first kappa shape index (κ1) is 13.8. The van der Waals surface area contributed by atoms with E-state index in [9.17, 15) is 10.1 Å². The van der Waals surface area contributed by atoms with Gasteiger partial charge in [-0.25, -0.2) is 0 Å². The van der Waals surface area contributed by atoms with Crippen molar-refractivity contribution in [3.05, 3.63) is 69.2 Å². The molecule has 0 radical (unpaired) electrons. The number of nitriles is 1. The van der Waals surface area contributed by atoms with Gasteiger partial charge in [0.2, 0.25) is 0 Å². The minimum atomic E-state index is -0.865. The van der Waals surface area contributed by atoms with Crippen LogP contribution in [0.1, 0.15) is 21.8 Å². The van der Waals surface area contributed by atoms with Gasteiger partial charge in [0, 0.05) is 10.0 Å². The third kappa shape index (κ3) is 2.86. The van der Waals surface area contributed by atoms with E-state index >= 15 is 0 Å². The fourth-order valence-corrected chi connectivity index (χ4v) is 2.54. The van der Waals surface area contributed by atoms with Crippen molar-refractivity contribution < 1.29 is 4.79 Å². The highest BCUT2D eigenvalue weighted by Gasteiger charge is 2.24. The van der Waals surface area contributed by atoms with Gasteiger partial charge in [-0.3, -0.25) is 4.79 Å². The van der Waals surface area contributed by atoms with Crippen molar-refractivity contribution in [2.24, 2.45) is 0 Å². The number of rotatable bonds is 3. The molecule has 0 amide bonds. The maximum absolute atomic E-state index is 12.4. The van der Waals surface area contributed by atoms with Crippen LogP contribution in [0, 0.1) is 11.3 Å². The van der Waals surface area contributed by atoms with Crippen LogP contribution in [-0.4, -0.2) is 5.78 Å². The van der Waals surface area contributed by atoms with Crippen molar-refractivity contribution in [1.29, 1.82) is 5.26 Å². The minimum absolute atomic E-state index is 0.292. The van der Waals surface area contributed by atoms with E-state index in [4.69, 9.17) is 11.6 Å². The summed E-state index contributed by atoms with van der Waals surface area (Å²) in [7, 11) is 0. The molecule has 4 heteroatoms. The summed E-state index contributed by atoms with van der Waals surface area (Å²) < 4.78 is 0.738. The lowest BCUT2D eigenvalue weighted by Crippen LogP contribution is -2.12. The normalized spacial score (nSPS) is 11.6. The lowest BCUT2D eigenvalue weighted by Gasteiger charge is -2.11. The molecule has 19 heavy (non-hydrogen) atoms. The van der Waals surface area contributed by atoms with Crippen molar-refractivity contribution in [2.75, 3.05) is 0 Å². The Morgan fingerprint density at radius 3 is 2.42 bits per heavy atom. The molecule has 1 unspecified atom stereocenters. The molecule has 0 aliphatic carbocycles. The molecule has 0 fully saturated rings. The molecule has 0 saturated heterocycles. The summed E-state index contributed by atoms with van der Waals surface area (Å²) in [6.45, 7) is 0. The lowest BCUT2D eigenvalue weighted by atomic mass is 9.92. The summed E-state index contributed by atoms with van der Waals surface area (Å²) in [5.74, 6) is -1.16. The van der Waals surface area contributed by atoms with Gasteiger partial charge in [-0.1, -0.05) is 57.9 Å². The van der Waals surface area contributed by atoms with Crippen LogP contribution in [0.2, 0.25) is 5.02 Å². The van der Waals surface area contributed by atoms with Gasteiger partial charge in [0.25, 0.3) is 0 Å². The van der Waals surface area contributed by atoms with Gasteiger partial charge in [-0.15, -0.1) is 0 Å². The molecule has 2 nitrogen and oxygen atoms in total. The molecule has 0 aromatic heterocycles. The summed E-state index contributed by atoms with van der Waals surface area (Å²) in [6.07, 6.45) is 0. The molecule has 2 rings (SSSR count). The lowest BCUT2D eigenvalue weighted by molar-refractivity contribution is 0.0979. The van der Waals surface area contributed by atoms with E-state index in [2.05, 4.69) is 15.9 Å². The van der Waals surface area contributed by atoms with Crippen molar-refractivity contribution in [2.45, 2.75) is 5.92 Å². The van der Waals surface area contributed by atoms with Gasteiger partial charge in [0.15, 0.2) is 5.78 Å². The molecular weight excluding hydrogens is 326 g/mol. The van der Waals surface area contributed by atoms with Crippen LogP contribution < -0.4 is 0 Å².